The Morgan fingerprint density at radius 1 is 1.00 bits per heavy atom. The van der Waals surface area contributed by atoms with Crippen molar-refractivity contribution in [3.05, 3.63) is 57.6 Å². The highest BCUT2D eigenvalue weighted by molar-refractivity contribution is 5.83. The van der Waals surface area contributed by atoms with E-state index in [2.05, 4.69) is 5.32 Å². The number of nitrogens with one attached hydrogen (secondary N) is 1. The molecule has 2 aromatic rings. The third-order valence-electron chi connectivity index (χ3n) is 5.53. The summed E-state index contributed by atoms with van der Waals surface area (Å²) in [5, 5.41) is 12.6. The van der Waals surface area contributed by atoms with E-state index < -0.39 is 5.97 Å². The van der Waals surface area contributed by atoms with Gasteiger partial charge in [-0.05, 0) is 80.5 Å². The summed E-state index contributed by atoms with van der Waals surface area (Å²) >= 11 is 0. The Morgan fingerprint density at radius 2 is 1.55 bits per heavy atom. The van der Waals surface area contributed by atoms with Crippen LogP contribution in [-0.4, -0.2) is 27.5 Å². The molecule has 5 heteroatoms. The van der Waals surface area contributed by atoms with Gasteiger partial charge in [-0.25, -0.2) is 4.79 Å². The summed E-state index contributed by atoms with van der Waals surface area (Å²) < 4.78 is 0. The summed E-state index contributed by atoms with van der Waals surface area (Å²) in [5.41, 5.74) is 7.97. The minimum absolute atomic E-state index is 0.0304. The predicted octanol–water partition coefficient (Wildman–Crippen LogP) is 4.73. The number of urea groups is 1. The largest absolute Gasteiger partial charge is 0.481 e. The number of aliphatic carboxylic acids is 1. The van der Waals surface area contributed by atoms with E-state index in [0.29, 0.717) is 13.1 Å². The van der Waals surface area contributed by atoms with Crippen LogP contribution in [0.1, 0.15) is 54.2 Å². The van der Waals surface area contributed by atoms with Crippen molar-refractivity contribution < 1.29 is 14.7 Å². The van der Waals surface area contributed by atoms with Gasteiger partial charge in [0.05, 0.1) is 6.42 Å². The molecule has 1 aliphatic rings. The van der Waals surface area contributed by atoms with Crippen LogP contribution in [0.2, 0.25) is 0 Å². The van der Waals surface area contributed by atoms with Crippen LogP contribution in [0.5, 0.6) is 0 Å². The van der Waals surface area contributed by atoms with Crippen molar-refractivity contribution in [2.24, 2.45) is 0 Å². The van der Waals surface area contributed by atoms with Crippen LogP contribution in [0.3, 0.4) is 0 Å². The second-order valence-electron chi connectivity index (χ2n) is 9.03. The molecule has 0 radical (unpaired) electrons. The number of nitrogens with zero attached hydrogens (tertiary/aromatic N) is 1. The highest BCUT2D eigenvalue weighted by Crippen LogP contribution is 2.39. The SMILES string of the molecule is Cc1ccc(-c2c(C)c3c(c(C)c2CC(=O)O)CN(C(=O)NC(C)(C)C)C3)cc1. The average Bonchev–Trinajstić information content (AvgIpc) is 3.05. The topological polar surface area (TPSA) is 69.6 Å². The van der Waals surface area contributed by atoms with Crippen molar-refractivity contribution in [1.29, 1.82) is 0 Å². The number of aryl methyl sites for hydroxylation is 1. The fraction of sp³-hybridized carbons (Fsp3) is 0.417. The first-order valence-corrected chi connectivity index (χ1v) is 9.97. The molecular weight excluding hydrogens is 364 g/mol. The number of benzene rings is 2. The molecule has 0 saturated heterocycles. The zero-order chi connectivity index (χ0) is 21.5. The number of carboxylic acids is 1. The van der Waals surface area contributed by atoms with E-state index in [-0.39, 0.29) is 18.0 Å². The van der Waals surface area contributed by atoms with E-state index in [1.54, 1.807) is 4.90 Å². The second-order valence-corrected chi connectivity index (χ2v) is 9.03. The van der Waals surface area contributed by atoms with Gasteiger partial charge in [-0.2, -0.15) is 0 Å². The van der Waals surface area contributed by atoms with Gasteiger partial charge in [-0.3, -0.25) is 4.79 Å². The number of hydrogen-bond acceptors (Lipinski definition) is 2. The number of fused-ring (bicyclic) bond motifs is 1. The van der Waals surface area contributed by atoms with Gasteiger partial charge < -0.3 is 15.3 Å². The summed E-state index contributed by atoms with van der Waals surface area (Å²) in [6.45, 7) is 13.0. The molecule has 2 amide bonds. The highest BCUT2D eigenvalue weighted by atomic mass is 16.4. The van der Waals surface area contributed by atoms with Crippen LogP contribution in [0.4, 0.5) is 4.79 Å². The molecule has 5 nitrogen and oxygen atoms in total. The number of rotatable bonds is 3. The van der Waals surface area contributed by atoms with Gasteiger partial charge in [0, 0.05) is 18.6 Å². The van der Waals surface area contributed by atoms with Gasteiger partial charge in [-0.15, -0.1) is 0 Å². The van der Waals surface area contributed by atoms with Gasteiger partial charge in [0.15, 0.2) is 0 Å². The standard InChI is InChI=1S/C24H30N2O3/c1-14-7-9-17(10-8-14)22-16(3)20-13-26(23(29)25-24(4,5)6)12-19(20)15(2)18(22)11-21(27)28/h7-10H,11-13H2,1-6H3,(H,25,29)(H,27,28). The molecule has 3 rings (SSSR count). The van der Waals surface area contributed by atoms with Crippen molar-refractivity contribution in [3.63, 3.8) is 0 Å². The minimum atomic E-state index is -0.846. The van der Waals surface area contributed by atoms with E-state index in [9.17, 15) is 14.7 Å². The van der Waals surface area contributed by atoms with E-state index in [0.717, 1.165) is 44.5 Å². The Labute approximate surface area is 172 Å². The lowest BCUT2D eigenvalue weighted by Crippen LogP contribution is -2.46. The summed E-state index contributed by atoms with van der Waals surface area (Å²) in [4.78, 5) is 26.2. The summed E-state index contributed by atoms with van der Waals surface area (Å²) in [6.07, 6.45) is -0.0304. The van der Waals surface area contributed by atoms with Gasteiger partial charge >= 0.3 is 12.0 Å². The number of carbonyl (C=O) groups is 2. The lowest BCUT2D eigenvalue weighted by molar-refractivity contribution is -0.136. The first kappa shape index (κ1) is 20.9. The maximum Gasteiger partial charge on any atom is 0.318 e. The van der Waals surface area contributed by atoms with Crippen LogP contribution < -0.4 is 5.32 Å². The van der Waals surface area contributed by atoms with Crippen LogP contribution in [0.15, 0.2) is 24.3 Å². The monoisotopic (exact) mass is 394 g/mol. The third kappa shape index (κ3) is 4.29. The van der Waals surface area contributed by atoms with Crippen molar-refractivity contribution >= 4 is 12.0 Å². The van der Waals surface area contributed by atoms with Crippen LogP contribution in [-0.2, 0) is 24.3 Å². The molecule has 0 fully saturated rings. The van der Waals surface area contributed by atoms with Crippen molar-refractivity contribution in [2.75, 3.05) is 0 Å². The smallest absolute Gasteiger partial charge is 0.318 e. The third-order valence-corrected chi connectivity index (χ3v) is 5.53. The maximum atomic E-state index is 12.7. The lowest BCUT2D eigenvalue weighted by atomic mass is 9.84. The molecule has 0 spiro atoms. The predicted molar refractivity (Wildman–Crippen MR) is 115 cm³/mol. The molecule has 2 N–H and O–H groups in total. The normalized spacial score (nSPS) is 13.4. The maximum absolute atomic E-state index is 12.7. The van der Waals surface area contributed by atoms with Crippen LogP contribution in [0, 0.1) is 20.8 Å². The van der Waals surface area contributed by atoms with Gasteiger partial charge in [-0.1, -0.05) is 29.8 Å². The second kappa shape index (κ2) is 7.54. The molecule has 1 heterocycles. The zero-order valence-corrected chi connectivity index (χ0v) is 18.1. The molecule has 1 aliphatic heterocycles. The van der Waals surface area contributed by atoms with E-state index in [1.807, 2.05) is 65.8 Å². The Bertz CT molecular complexity index is 969. The Morgan fingerprint density at radius 3 is 2.07 bits per heavy atom. The molecule has 0 bridgehead atoms. The number of carboxylic acid groups (broad SMARTS) is 1. The van der Waals surface area contributed by atoms with Crippen molar-refractivity contribution in [2.45, 2.75) is 66.6 Å². The molecule has 0 unspecified atom stereocenters. The molecule has 154 valence electrons. The quantitative estimate of drug-likeness (QED) is 0.791. The zero-order valence-electron chi connectivity index (χ0n) is 18.1. The molecule has 29 heavy (non-hydrogen) atoms. The molecule has 0 saturated carbocycles. The van der Waals surface area contributed by atoms with E-state index in [4.69, 9.17) is 0 Å². The van der Waals surface area contributed by atoms with Gasteiger partial charge in [0.1, 0.15) is 0 Å². The molecule has 0 atom stereocenters. The molecule has 0 aromatic heterocycles. The summed E-state index contributed by atoms with van der Waals surface area (Å²) in [5.74, 6) is -0.846. The fourth-order valence-corrected chi connectivity index (χ4v) is 4.09. The number of hydrogen-bond donors (Lipinski definition) is 2. The van der Waals surface area contributed by atoms with Crippen LogP contribution in [0.25, 0.3) is 11.1 Å². The summed E-state index contributed by atoms with van der Waals surface area (Å²) in [6, 6.07) is 8.10. The highest BCUT2D eigenvalue weighted by Gasteiger charge is 2.31. The van der Waals surface area contributed by atoms with Gasteiger partial charge in [0.2, 0.25) is 0 Å². The van der Waals surface area contributed by atoms with Crippen molar-refractivity contribution in [3.8, 4) is 11.1 Å². The first-order valence-electron chi connectivity index (χ1n) is 9.97. The number of carbonyl (C=O) groups excluding carboxylic acids is 1. The molecule has 2 aromatic carbocycles. The van der Waals surface area contributed by atoms with Crippen molar-refractivity contribution in [1.82, 2.24) is 10.2 Å². The fourth-order valence-electron chi connectivity index (χ4n) is 4.09. The number of amides is 2. The van der Waals surface area contributed by atoms with Crippen LogP contribution >= 0.6 is 0 Å². The summed E-state index contributed by atoms with van der Waals surface area (Å²) in [7, 11) is 0. The Hall–Kier alpha value is -2.82. The molecule has 0 aliphatic carbocycles. The van der Waals surface area contributed by atoms with E-state index in [1.165, 1.54) is 0 Å². The Balaban J connectivity index is 2.10. The minimum Gasteiger partial charge on any atom is -0.481 e. The van der Waals surface area contributed by atoms with E-state index >= 15 is 0 Å². The lowest BCUT2D eigenvalue weighted by Gasteiger charge is -2.25. The Kier molecular flexibility index (Phi) is 5.44. The average molecular weight is 395 g/mol. The van der Waals surface area contributed by atoms with Gasteiger partial charge in [0.25, 0.3) is 0 Å². The molecular formula is C24H30N2O3. The first-order chi connectivity index (χ1) is 13.5.